The van der Waals surface area contributed by atoms with Crippen molar-refractivity contribution < 1.29 is 9.47 Å². The predicted molar refractivity (Wildman–Crippen MR) is 74.0 cm³/mol. The monoisotopic (exact) mass is 265 g/mol. The van der Waals surface area contributed by atoms with Crippen LogP contribution in [0.15, 0.2) is 18.3 Å². The molecule has 0 amide bonds. The van der Waals surface area contributed by atoms with Crippen LogP contribution < -0.4 is 4.90 Å². The fourth-order valence-electron chi connectivity index (χ4n) is 2.35. The summed E-state index contributed by atoms with van der Waals surface area (Å²) >= 11 is 0. The van der Waals surface area contributed by atoms with Crippen LogP contribution in [0.2, 0.25) is 0 Å². The smallest absolute Gasteiger partial charge is 0.154 e. The van der Waals surface area contributed by atoms with E-state index in [9.17, 15) is 0 Å². The van der Waals surface area contributed by atoms with Crippen molar-refractivity contribution in [2.24, 2.45) is 5.92 Å². The lowest BCUT2D eigenvalue weighted by Crippen LogP contribution is -2.36. The van der Waals surface area contributed by atoms with E-state index in [0.717, 1.165) is 38.4 Å². The quantitative estimate of drug-likeness (QED) is 0.737. The van der Waals surface area contributed by atoms with Crippen molar-refractivity contribution in [1.82, 2.24) is 10.2 Å². The highest BCUT2D eigenvalue weighted by atomic mass is 16.7. The van der Waals surface area contributed by atoms with Crippen LogP contribution in [0.3, 0.4) is 0 Å². The number of hydrogen-bond donors (Lipinski definition) is 0. The highest BCUT2D eigenvalue weighted by Gasteiger charge is 2.21. The molecule has 0 radical (unpaired) electrons. The van der Waals surface area contributed by atoms with Gasteiger partial charge in [0.05, 0.1) is 6.61 Å². The van der Waals surface area contributed by atoms with E-state index in [-0.39, 0.29) is 6.29 Å². The summed E-state index contributed by atoms with van der Waals surface area (Å²) < 4.78 is 11.1. The summed E-state index contributed by atoms with van der Waals surface area (Å²) in [6.45, 7) is 7.48. The van der Waals surface area contributed by atoms with E-state index in [1.807, 2.05) is 26.0 Å². The molecule has 2 rings (SSSR count). The average Bonchev–Trinajstić information content (AvgIpc) is 2.47. The molecule has 1 aromatic rings. The van der Waals surface area contributed by atoms with Gasteiger partial charge in [0.1, 0.15) is 0 Å². The lowest BCUT2D eigenvalue weighted by atomic mass is 9.98. The molecule has 0 aromatic carbocycles. The second-order valence-electron chi connectivity index (χ2n) is 4.87. The van der Waals surface area contributed by atoms with Crippen molar-refractivity contribution in [1.29, 1.82) is 0 Å². The number of anilines is 1. The third-order valence-corrected chi connectivity index (χ3v) is 3.46. The van der Waals surface area contributed by atoms with Crippen LogP contribution >= 0.6 is 0 Å². The van der Waals surface area contributed by atoms with E-state index in [1.54, 1.807) is 6.20 Å². The maximum Gasteiger partial charge on any atom is 0.154 e. The molecule has 1 saturated heterocycles. The van der Waals surface area contributed by atoms with E-state index in [0.29, 0.717) is 12.5 Å². The van der Waals surface area contributed by atoms with Gasteiger partial charge in [0.15, 0.2) is 12.1 Å². The van der Waals surface area contributed by atoms with Crippen LogP contribution in [-0.2, 0) is 9.47 Å². The Labute approximate surface area is 114 Å². The summed E-state index contributed by atoms with van der Waals surface area (Å²) in [4.78, 5) is 2.29. The van der Waals surface area contributed by atoms with E-state index >= 15 is 0 Å². The summed E-state index contributed by atoms with van der Waals surface area (Å²) in [6, 6.07) is 3.95. The normalized spacial score (nSPS) is 18.5. The molecule has 1 aromatic heterocycles. The zero-order chi connectivity index (χ0) is 13.5. The topological polar surface area (TPSA) is 47.5 Å². The fourth-order valence-corrected chi connectivity index (χ4v) is 2.35. The van der Waals surface area contributed by atoms with E-state index < -0.39 is 0 Å². The lowest BCUT2D eigenvalue weighted by molar-refractivity contribution is -0.136. The Morgan fingerprint density at radius 1 is 1.37 bits per heavy atom. The Bertz CT molecular complexity index is 353. The molecule has 19 heavy (non-hydrogen) atoms. The van der Waals surface area contributed by atoms with Crippen molar-refractivity contribution >= 4 is 5.82 Å². The molecular formula is C14H23N3O2. The van der Waals surface area contributed by atoms with Crippen LogP contribution in [-0.4, -0.2) is 42.8 Å². The summed E-state index contributed by atoms with van der Waals surface area (Å²) in [5, 5.41) is 8.08. The Kier molecular flexibility index (Phi) is 5.54. The van der Waals surface area contributed by atoms with Crippen LogP contribution in [0.4, 0.5) is 5.82 Å². The van der Waals surface area contributed by atoms with Crippen LogP contribution in [0.1, 0.15) is 26.7 Å². The third-order valence-electron chi connectivity index (χ3n) is 3.46. The molecule has 0 saturated carbocycles. The van der Waals surface area contributed by atoms with E-state index in [1.165, 1.54) is 0 Å². The fraction of sp³-hybridized carbons (Fsp3) is 0.714. The SMILES string of the molecule is CCOC(C)OCC1CCN(c2cccnn2)CC1. The van der Waals surface area contributed by atoms with Crippen LogP contribution in [0.5, 0.6) is 0 Å². The van der Waals surface area contributed by atoms with Crippen molar-refractivity contribution in [2.75, 3.05) is 31.2 Å². The maximum atomic E-state index is 5.69. The van der Waals surface area contributed by atoms with Gasteiger partial charge in [0, 0.05) is 25.9 Å². The number of ether oxygens (including phenoxy) is 2. The molecule has 5 nitrogen and oxygen atoms in total. The number of hydrogen-bond acceptors (Lipinski definition) is 5. The zero-order valence-electron chi connectivity index (χ0n) is 11.8. The highest BCUT2D eigenvalue weighted by molar-refractivity contribution is 5.36. The Balaban J connectivity index is 1.71. The van der Waals surface area contributed by atoms with Crippen molar-refractivity contribution in [3.63, 3.8) is 0 Å². The molecule has 1 fully saturated rings. The second-order valence-corrected chi connectivity index (χ2v) is 4.87. The first-order chi connectivity index (χ1) is 9.29. The minimum Gasteiger partial charge on any atom is -0.355 e. The molecule has 0 spiro atoms. The standard InChI is InChI=1S/C14H23N3O2/c1-3-18-12(2)19-11-13-6-9-17(10-7-13)14-5-4-8-15-16-14/h4-5,8,12-13H,3,6-7,9-11H2,1-2H3. The average molecular weight is 265 g/mol. The van der Waals surface area contributed by atoms with Crippen LogP contribution in [0, 0.1) is 5.92 Å². The molecule has 0 bridgehead atoms. The summed E-state index contributed by atoms with van der Waals surface area (Å²) in [5.74, 6) is 1.60. The third kappa shape index (κ3) is 4.44. The molecule has 0 N–H and O–H groups in total. The Morgan fingerprint density at radius 2 is 2.16 bits per heavy atom. The molecule has 5 heteroatoms. The van der Waals surface area contributed by atoms with Gasteiger partial charge >= 0.3 is 0 Å². The second kappa shape index (κ2) is 7.40. The molecule has 1 unspecified atom stereocenters. The number of aromatic nitrogens is 2. The lowest BCUT2D eigenvalue weighted by Gasteiger charge is -2.32. The van der Waals surface area contributed by atoms with Gasteiger partial charge in [-0.3, -0.25) is 0 Å². The minimum absolute atomic E-state index is 0.0944. The van der Waals surface area contributed by atoms with E-state index in [2.05, 4.69) is 15.1 Å². The molecule has 1 aliphatic heterocycles. The first-order valence-electron chi connectivity index (χ1n) is 7.05. The van der Waals surface area contributed by atoms with Crippen molar-refractivity contribution in [2.45, 2.75) is 33.0 Å². The van der Waals surface area contributed by atoms with Gasteiger partial charge in [-0.05, 0) is 44.7 Å². The van der Waals surface area contributed by atoms with Crippen molar-refractivity contribution in [3.05, 3.63) is 18.3 Å². The summed E-state index contributed by atoms with van der Waals surface area (Å²) in [7, 11) is 0. The first kappa shape index (κ1) is 14.2. The van der Waals surface area contributed by atoms with E-state index in [4.69, 9.17) is 9.47 Å². The highest BCUT2D eigenvalue weighted by Crippen LogP contribution is 2.21. The number of piperidine rings is 1. The van der Waals surface area contributed by atoms with Crippen LogP contribution in [0.25, 0.3) is 0 Å². The largest absolute Gasteiger partial charge is 0.355 e. The Hall–Kier alpha value is -1.20. The van der Waals surface area contributed by atoms with Gasteiger partial charge in [0.2, 0.25) is 0 Å². The zero-order valence-corrected chi connectivity index (χ0v) is 11.8. The molecular weight excluding hydrogens is 242 g/mol. The molecule has 1 atom stereocenters. The Morgan fingerprint density at radius 3 is 2.79 bits per heavy atom. The molecule has 1 aliphatic rings. The van der Waals surface area contributed by atoms with Gasteiger partial charge in [-0.2, -0.15) is 5.10 Å². The van der Waals surface area contributed by atoms with Gasteiger partial charge < -0.3 is 14.4 Å². The van der Waals surface area contributed by atoms with Gasteiger partial charge in [-0.1, -0.05) is 0 Å². The number of nitrogens with zero attached hydrogens (tertiary/aromatic N) is 3. The van der Waals surface area contributed by atoms with Gasteiger partial charge in [-0.15, -0.1) is 5.10 Å². The summed E-state index contributed by atoms with van der Waals surface area (Å²) in [6.07, 6.45) is 3.88. The predicted octanol–water partition coefficient (Wildman–Crippen LogP) is 2.09. The number of rotatable bonds is 6. The minimum atomic E-state index is -0.0944. The van der Waals surface area contributed by atoms with Crippen molar-refractivity contribution in [3.8, 4) is 0 Å². The molecule has 0 aliphatic carbocycles. The molecule has 106 valence electrons. The maximum absolute atomic E-state index is 5.69. The van der Waals surface area contributed by atoms with Gasteiger partial charge in [0.25, 0.3) is 0 Å². The first-order valence-corrected chi connectivity index (χ1v) is 7.05. The summed E-state index contributed by atoms with van der Waals surface area (Å²) in [5.41, 5.74) is 0. The van der Waals surface area contributed by atoms with Gasteiger partial charge in [-0.25, -0.2) is 0 Å². The molecule has 2 heterocycles.